The van der Waals surface area contributed by atoms with Crippen LogP contribution in [0.25, 0.3) is 0 Å². The first kappa shape index (κ1) is 11.1. The number of aromatic amines is 1. The Morgan fingerprint density at radius 3 is 2.86 bits per heavy atom. The molecule has 0 saturated heterocycles. The molecule has 0 bridgehead atoms. The lowest BCUT2D eigenvalue weighted by atomic mass is 10.3. The van der Waals surface area contributed by atoms with Gasteiger partial charge >= 0.3 is 5.97 Å². The van der Waals surface area contributed by atoms with Crippen molar-refractivity contribution in [2.75, 3.05) is 6.61 Å². The molecule has 0 aliphatic heterocycles. The molecule has 0 atom stereocenters. The summed E-state index contributed by atoms with van der Waals surface area (Å²) in [5.41, 5.74) is 0.120. The molecule has 76 valence electrons. The van der Waals surface area contributed by atoms with Crippen molar-refractivity contribution in [2.24, 2.45) is 0 Å². The van der Waals surface area contributed by atoms with E-state index >= 15 is 0 Å². The highest BCUT2D eigenvalue weighted by Gasteiger charge is 2.15. The van der Waals surface area contributed by atoms with Crippen molar-refractivity contribution in [1.82, 2.24) is 9.97 Å². The fourth-order valence-electron chi connectivity index (χ4n) is 0.932. The Morgan fingerprint density at radius 1 is 1.71 bits per heavy atom. The predicted molar refractivity (Wildman–Crippen MR) is 55.1 cm³/mol. The van der Waals surface area contributed by atoms with E-state index in [1.54, 1.807) is 13.8 Å². The molecule has 1 N–H and O–H groups in total. The Hall–Kier alpha value is -0.940. The quantitative estimate of drug-likeness (QED) is 0.483. The maximum atomic E-state index is 11.4. The van der Waals surface area contributed by atoms with Crippen LogP contribution in [0.2, 0.25) is 5.15 Å². The number of H-pyrrole nitrogens is 1. The van der Waals surface area contributed by atoms with Crippen LogP contribution in [0.1, 0.15) is 23.1 Å². The Morgan fingerprint density at radius 2 is 2.36 bits per heavy atom. The highest BCUT2D eigenvalue weighted by atomic mass is 35.5. The third kappa shape index (κ3) is 2.30. The number of aromatic nitrogens is 2. The van der Waals surface area contributed by atoms with Crippen molar-refractivity contribution in [2.45, 2.75) is 13.8 Å². The number of carbonyl (C=O) groups excluding carboxylic acids is 1. The summed E-state index contributed by atoms with van der Waals surface area (Å²) in [6.07, 6.45) is 0. The summed E-state index contributed by atoms with van der Waals surface area (Å²) in [5, 5.41) is 0.0738. The first-order valence-electron chi connectivity index (χ1n) is 3.99. The molecule has 6 heteroatoms. The van der Waals surface area contributed by atoms with Crippen LogP contribution < -0.4 is 0 Å². The normalized spacial score (nSPS) is 9.93. The molecule has 0 aliphatic carbocycles. The van der Waals surface area contributed by atoms with Crippen LogP contribution in [0.3, 0.4) is 0 Å². The van der Waals surface area contributed by atoms with E-state index in [0.29, 0.717) is 5.82 Å². The lowest BCUT2D eigenvalue weighted by molar-refractivity contribution is 0.0525. The van der Waals surface area contributed by atoms with Gasteiger partial charge < -0.3 is 9.72 Å². The van der Waals surface area contributed by atoms with E-state index in [-0.39, 0.29) is 22.0 Å². The van der Waals surface area contributed by atoms with Crippen molar-refractivity contribution in [3.8, 4) is 0 Å². The van der Waals surface area contributed by atoms with Crippen molar-refractivity contribution in [1.29, 1.82) is 0 Å². The largest absolute Gasteiger partial charge is 0.462 e. The standard InChI is InChI=1S/C8H9ClN2O2S/c1-3-13-8(12)5-6(9)10-4(2)11-7(5)14/h3H2,1-2H3,(H,10,11,14). The van der Waals surface area contributed by atoms with E-state index in [9.17, 15) is 4.79 Å². The molecule has 14 heavy (non-hydrogen) atoms. The zero-order chi connectivity index (χ0) is 10.7. The number of nitrogens with zero attached hydrogens (tertiary/aromatic N) is 1. The smallest absolute Gasteiger partial charge is 0.344 e. The van der Waals surface area contributed by atoms with Gasteiger partial charge in [0.15, 0.2) is 0 Å². The van der Waals surface area contributed by atoms with E-state index in [1.807, 2.05) is 0 Å². The molecular weight excluding hydrogens is 224 g/mol. The molecule has 0 fully saturated rings. The first-order valence-corrected chi connectivity index (χ1v) is 4.78. The van der Waals surface area contributed by atoms with Crippen molar-refractivity contribution >= 4 is 29.8 Å². The van der Waals surface area contributed by atoms with E-state index in [1.165, 1.54) is 0 Å². The molecule has 0 spiro atoms. The summed E-state index contributed by atoms with van der Waals surface area (Å²) in [7, 11) is 0. The van der Waals surface area contributed by atoms with E-state index in [0.717, 1.165) is 0 Å². The molecule has 0 unspecified atom stereocenters. The summed E-state index contributed by atoms with van der Waals surface area (Å²) in [5.74, 6) is 0.0132. The van der Waals surface area contributed by atoms with Crippen LogP contribution in [0.5, 0.6) is 0 Å². The topological polar surface area (TPSA) is 55.0 Å². The summed E-state index contributed by atoms with van der Waals surface area (Å²) in [6.45, 7) is 3.69. The molecule has 1 rings (SSSR count). The maximum Gasteiger partial charge on any atom is 0.344 e. The van der Waals surface area contributed by atoms with Crippen LogP contribution in [0.4, 0.5) is 0 Å². The number of ether oxygens (including phenoxy) is 1. The van der Waals surface area contributed by atoms with Crippen molar-refractivity contribution < 1.29 is 9.53 Å². The minimum absolute atomic E-state index is 0.0738. The van der Waals surface area contributed by atoms with E-state index in [2.05, 4.69) is 9.97 Å². The number of nitrogens with one attached hydrogen (secondary N) is 1. The van der Waals surface area contributed by atoms with Gasteiger partial charge in [0, 0.05) is 0 Å². The molecule has 0 aliphatic rings. The van der Waals surface area contributed by atoms with Gasteiger partial charge in [0.05, 0.1) is 6.61 Å². The van der Waals surface area contributed by atoms with E-state index < -0.39 is 5.97 Å². The maximum absolute atomic E-state index is 11.4. The molecule has 1 aromatic rings. The lowest BCUT2D eigenvalue weighted by Crippen LogP contribution is -2.09. The second-order valence-corrected chi connectivity index (χ2v) is 3.30. The van der Waals surface area contributed by atoms with Gasteiger partial charge in [0.25, 0.3) is 0 Å². The van der Waals surface area contributed by atoms with Gasteiger partial charge in [-0.15, -0.1) is 0 Å². The molecule has 0 amide bonds. The highest BCUT2D eigenvalue weighted by Crippen LogP contribution is 2.14. The zero-order valence-corrected chi connectivity index (χ0v) is 9.33. The van der Waals surface area contributed by atoms with Gasteiger partial charge in [0.1, 0.15) is 21.2 Å². The fraction of sp³-hybridized carbons (Fsp3) is 0.375. The SMILES string of the molecule is CCOC(=O)c1c(Cl)nc(C)[nH]c1=S. The Bertz CT molecular complexity index is 416. The van der Waals surface area contributed by atoms with Gasteiger partial charge in [-0.25, -0.2) is 9.78 Å². The summed E-state index contributed by atoms with van der Waals surface area (Å²) in [6, 6.07) is 0. The van der Waals surface area contributed by atoms with Crippen LogP contribution in [-0.2, 0) is 4.74 Å². The highest BCUT2D eigenvalue weighted by molar-refractivity contribution is 7.71. The van der Waals surface area contributed by atoms with Gasteiger partial charge in [-0.1, -0.05) is 23.8 Å². The minimum Gasteiger partial charge on any atom is -0.462 e. The molecule has 0 saturated carbocycles. The monoisotopic (exact) mass is 232 g/mol. The number of aryl methyl sites for hydroxylation is 1. The van der Waals surface area contributed by atoms with Gasteiger partial charge in [-0.05, 0) is 13.8 Å². The predicted octanol–water partition coefficient (Wildman–Crippen LogP) is 2.28. The van der Waals surface area contributed by atoms with Gasteiger partial charge in [0.2, 0.25) is 0 Å². The van der Waals surface area contributed by atoms with Gasteiger partial charge in [-0.2, -0.15) is 0 Å². The van der Waals surface area contributed by atoms with Gasteiger partial charge in [-0.3, -0.25) is 0 Å². The third-order valence-corrected chi connectivity index (χ3v) is 2.05. The van der Waals surface area contributed by atoms with Crippen LogP contribution in [0, 0.1) is 11.6 Å². The molecule has 4 nitrogen and oxygen atoms in total. The molecule has 0 radical (unpaired) electrons. The van der Waals surface area contributed by atoms with Crippen molar-refractivity contribution in [3.63, 3.8) is 0 Å². The van der Waals surface area contributed by atoms with Crippen LogP contribution in [-0.4, -0.2) is 22.5 Å². The number of hydrogen-bond donors (Lipinski definition) is 1. The number of halogens is 1. The molecule has 1 aromatic heterocycles. The number of carbonyl (C=O) groups is 1. The minimum atomic E-state index is -0.550. The van der Waals surface area contributed by atoms with Crippen LogP contribution in [0.15, 0.2) is 0 Å². The molecule has 1 heterocycles. The first-order chi connectivity index (χ1) is 6.56. The molecule has 0 aromatic carbocycles. The number of hydrogen-bond acceptors (Lipinski definition) is 4. The lowest BCUT2D eigenvalue weighted by Gasteiger charge is -2.04. The van der Waals surface area contributed by atoms with Crippen molar-refractivity contribution in [3.05, 3.63) is 21.2 Å². The Labute approximate surface area is 91.3 Å². The van der Waals surface area contributed by atoms with Crippen LogP contribution >= 0.6 is 23.8 Å². The Balaban J connectivity index is 3.21. The average molecular weight is 233 g/mol. The fourth-order valence-corrected chi connectivity index (χ4v) is 1.61. The number of esters is 1. The second-order valence-electron chi connectivity index (χ2n) is 2.54. The molecular formula is C8H9ClN2O2S. The summed E-state index contributed by atoms with van der Waals surface area (Å²) >= 11 is 10.7. The Kier molecular flexibility index (Phi) is 3.60. The average Bonchev–Trinajstić information content (AvgIpc) is 2.01. The summed E-state index contributed by atoms with van der Waals surface area (Å²) in [4.78, 5) is 18.0. The zero-order valence-electron chi connectivity index (χ0n) is 7.76. The summed E-state index contributed by atoms with van der Waals surface area (Å²) < 4.78 is 5.03. The number of rotatable bonds is 2. The van der Waals surface area contributed by atoms with E-state index in [4.69, 9.17) is 28.6 Å². The second kappa shape index (κ2) is 4.52. The third-order valence-electron chi connectivity index (χ3n) is 1.47.